The summed E-state index contributed by atoms with van der Waals surface area (Å²) in [7, 11) is 1.72. The third-order valence-electron chi connectivity index (χ3n) is 3.35. The van der Waals surface area contributed by atoms with Gasteiger partial charge in [0.05, 0.1) is 0 Å². The second-order valence-corrected chi connectivity index (χ2v) is 4.82. The van der Waals surface area contributed by atoms with E-state index in [0.29, 0.717) is 13.0 Å². The first-order valence-corrected chi connectivity index (χ1v) is 6.74. The summed E-state index contributed by atoms with van der Waals surface area (Å²) >= 11 is 0. The van der Waals surface area contributed by atoms with E-state index in [1.165, 1.54) is 6.07 Å². The number of hydrogen-bond donors (Lipinski definition) is 2. The Kier molecular flexibility index (Phi) is 4.85. The molecule has 7 heteroatoms. The molecule has 21 heavy (non-hydrogen) atoms. The molecule has 2 N–H and O–H groups in total. The highest BCUT2D eigenvalue weighted by atomic mass is 19.1. The van der Waals surface area contributed by atoms with Gasteiger partial charge in [0.25, 0.3) is 0 Å². The van der Waals surface area contributed by atoms with Crippen molar-refractivity contribution in [3.05, 3.63) is 29.8 Å². The Morgan fingerprint density at radius 3 is 2.67 bits per heavy atom. The summed E-state index contributed by atoms with van der Waals surface area (Å²) in [5, 5.41) is 5.42. The Bertz CT molecular complexity index is 531. The fourth-order valence-corrected chi connectivity index (χ4v) is 2.29. The van der Waals surface area contributed by atoms with E-state index in [4.69, 9.17) is 0 Å². The molecule has 114 valence electrons. The molecule has 0 spiro atoms. The van der Waals surface area contributed by atoms with Crippen LogP contribution in [0, 0.1) is 11.6 Å². The quantitative estimate of drug-likeness (QED) is 0.845. The molecule has 1 aliphatic rings. The Morgan fingerprint density at radius 1 is 1.38 bits per heavy atom. The lowest BCUT2D eigenvalue weighted by Gasteiger charge is -2.18. The van der Waals surface area contributed by atoms with E-state index in [2.05, 4.69) is 10.6 Å². The van der Waals surface area contributed by atoms with Gasteiger partial charge in [-0.05, 0) is 25.6 Å². The number of nitrogens with zero attached hydrogens (tertiary/aromatic N) is 1. The van der Waals surface area contributed by atoms with Crippen molar-refractivity contribution in [2.75, 3.05) is 25.0 Å². The maximum atomic E-state index is 13.7. The van der Waals surface area contributed by atoms with Crippen molar-refractivity contribution in [1.29, 1.82) is 0 Å². The highest BCUT2D eigenvalue weighted by molar-refractivity contribution is 6.01. The van der Waals surface area contributed by atoms with Gasteiger partial charge < -0.3 is 15.5 Å². The van der Waals surface area contributed by atoms with Gasteiger partial charge in [-0.3, -0.25) is 9.59 Å². The molecular weight excluding hydrogens is 280 g/mol. The number of carbonyl (C=O) groups is 2. The van der Waals surface area contributed by atoms with Crippen molar-refractivity contribution in [3.8, 4) is 0 Å². The van der Waals surface area contributed by atoms with Crippen LogP contribution < -0.4 is 15.5 Å². The van der Waals surface area contributed by atoms with Crippen LogP contribution in [0.25, 0.3) is 0 Å². The van der Waals surface area contributed by atoms with Crippen LogP contribution in [0.4, 0.5) is 14.5 Å². The molecule has 1 atom stereocenters. The Labute approximate surface area is 121 Å². The SMILES string of the molecule is CNCCC(=O)NC1CCN(c2c(F)cccc2F)C1=O. The number of rotatable bonds is 5. The van der Waals surface area contributed by atoms with Gasteiger partial charge in [0.15, 0.2) is 0 Å². The summed E-state index contributed by atoms with van der Waals surface area (Å²) < 4.78 is 27.4. The number of hydrogen-bond acceptors (Lipinski definition) is 3. The Morgan fingerprint density at radius 2 is 2.05 bits per heavy atom. The largest absolute Gasteiger partial charge is 0.344 e. The molecule has 2 rings (SSSR count). The molecule has 0 bridgehead atoms. The highest BCUT2D eigenvalue weighted by Crippen LogP contribution is 2.27. The van der Waals surface area contributed by atoms with Gasteiger partial charge in [0.1, 0.15) is 23.4 Å². The summed E-state index contributed by atoms with van der Waals surface area (Å²) in [5.74, 6) is -2.33. The maximum absolute atomic E-state index is 13.7. The van der Waals surface area contributed by atoms with Crippen molar-refractivity contribution in [2.24, 2.45) is 0 Å². The summed E-state index contributed by atoms with van der Waals surface area (Å²) in [6.45, 7) is 0.673. The van der Waals surface area contributed by atoms with E-state index in [-0.39, 0.29) is 24.6 Å². The molecule has 1 saturated heterocycles. The first-order valence-electron chi connectivity index (χ1n) is 6.74. The van der Waals surface area contributed by atoms with E-state index in [0.717, 1.165) is 17.0 Å². The first kappa shape index (κ1) is 15.4. The van der Waals surface area contributed by atoms with Gasteiger partial charge >= 0.3 is 0 Å². The van der Waals surface area contributed by atoms with E-state index in [9.17, 15) is 18.4 Å². The number of halogens is 2. The van der Waals surface area contributed by atoms with Crippen molar-refractivity contribution < 1.29 is 18.4 Å². The average molecular weight is 297 g/mol. The third-order valence-corrected chi connectivity index (χ3v) is 3.35. The van der Waals surface area contributed by atoms with E-state index < -0.39 is 23.6 Å². The van der Waals surface area contributed by atoms with Crippen molar-refractivity contribution in [2.45, 2.75) is 18.9 Å². The number of carbonyl (C=O) groups excluding carboxylic acids is 2. The lowest BCUT2D eigenvalue weighted by molar-refractivity contribution is -0.126. The number of para-hydroxylation sites is 1. The van der Waals surface area contributed by atoms with Crippen LogP contribution in [-0.4, -0.2) is 38.0 Å². The standard InChI is InChI=1S/C14H17F2N3O2/c1-17-7-5-12(20)18-11-6-8-19(14(11)21)13-9(15)3-2-4-10(13)16/h2-4,11,17H,5-8H2,1H3,(H,18,20). The Hall–Kier alpha value is -2.02. The lowest BCUT2D eigenvalue weighted by Crippen LogP contribution is -2.42. The van der Waals surface area contributed by atoms with E-state index in [1.54, 1.807) is 7.05 Å². The molecule has 0 saturated carbocycles. The normalized spacial score (nSPS) is 18.1. The summed E-state index contributed by atoms with van der Waals surface area (Å²) in [6.07, 6.45) is 0.576. The zero-order chi connectivity index (χ0) is 15.4. The van der Waals surface area contributed by atoms with Crippen LogP contribution >= 0.6 is 0 Å². The smallest absolute Gasteiger partial charge is 0.249 e. The van der Waals surface area contributed by atoms with Crippen LogP contribution in [0.15, 0.2) is 18.2 Å². The zero-order valence-corrected chi connectivity index (χ0v) is 11.7. The predicted molar refractivity (Wildman–Crippen MR) is 73.8 cm³/mol. The topological polar surface area (TPSA) is 61.4 Å². The molecule has 1 fully saturated rings. The highest BCUT2D eigenvalue weighted by Gasteiger charge is 2.35. The minimum Gasteiger partial charge on any atom is -0.344 e. The van der Waals surface area contributed by atoms with Gasteiger partial charge in [-0.25, -0.2) is 8.78 Å². The monoisotopic (exact) mass is 297 g/mol. The summed E-state index contributed by atoms with van der Waals surface area (Å²) in [6, 6.07) is 2.72. The lowest BCUT2D eigenvalue weighted by atomic mass is 10.2. The van der Waals surface area contributed by atoms with E-state index >= 15 is 0 Å². The molecule has 0 aromatic heterocycles. The summed E-state index contributed by atoms with van der Waals surface area (Å²) in [5.41, 5.74) is -0.352. The molecule has 1 aromatic rings. The number of amides is 2. The van der Waals surface area contributed by atoms with E-state index in [1.807, 2.05) is 0 Å². The maximum Gasteiger partial charge on any atom is 0.249 e. The molecular formula is C14H17F2N3O2. The van der Waals surface area contributed by atoms with Crippen LogP contribution in [0.1, 0.15) is 12.8 Å². The molecule has 1 unspecified atom stereocenters. The molecule has 2 amide bonds. The molecule has 5 nitrogen and oxygen atoms in total. The third kappa shape index (κ3) is 3.36. The van der Waals surface area contributed by atoms with Gasteiger partial charge in [-0.2, -0.15) is 0 Å². The fourth-order valence-electron chi connectivity index (χ4n) is 2.29. The van der Waals surface area contributed by atoms with Crippen LogP contribution in [0.2, 0.25) is 0 Å². The van der Waals surface area contributed by atoms with Crippen LogP contribution in [0.3, 0.4) is 0 Å². The minimum atomic E-state index is -0.787. The Balaban J connectivity index is 2.06. The average Bonchev–Trinajstić information content (AvgIpc) is 2.78. The zero-order valence-electron chi connectivity index (χ0n) is 11.7. The summed E-state index contributed by atoms with van der Waals surface area (Å²) in [4.78, 5) is 24.8. The van der Waals surface area contributed by atoms with Gasteiger partial charge in [0.2, 0.25) is 11.8 Å². The molecule has 1 aliphatic heterocycles. The number of anilines is 1. The first-order chi connectivity index (χ1) is 10.0. The van der Waals surface area contributed by atoms with Crippen molar-refractivity contribution >= 4 is 17.5 Å². The molecule has 0 radical (unpaired) electrons. The second kappa shape index (κ2) is 6.62. The number of benzene rings is 1. The molecule has 1 aromatic carbocycles. The van der Waals surface area contributed by atoms with Crippen LogP contribution in [0.5, 0.6) is 0 Å². The molecule has 0 aliphatic carbocycles. The predicted octanol–water partition coefficient (Wildman–Crippen LogP) is 0.796. The molecule has 1 heterocycles. The fraction of sp³-hybridized carbons (Fsp3) is 0.429. The second-order valence-electron chi connectivity index (χ2n) is 4.82. The van der Waals surface area contributed by atoms with Crippen molar-refractivity contribution in [3.63, 3.8) is 0 Å². The minimum absolute atomic E-state index is 0.174. The van der Waals surface area contributed by atoms with Crippen molar-refractivity contribution in [1.82, 2.24) is 10.6 Å². The van der Waals surface area contributed by atoms with Gasteiger partial charge in [-0.15, -0.1) is 0 Å². The van der Waals surface area contributed by atoms with Gasteiger partial charge in [-0.1, -0.05) is 6.07 Å². The van der Waals surface area contributed by atoms with Crippen LogP contribution in [-0.2, 0) is 9.59 Å². The van der Waals surface area contributed by atoms with Gasteiger partial charge in [0, 0.05) is 19.5 Å². The number of nitrogens with one attached hydrogen (secondary N) is 2.